The molecule has 1 aliphatic rings. The van der Waals surface area contributed by atoms with Crippen molar-refractivity contribution in [2.45, 2.75) is 103 Å². The summed E-state index contributed by atoms with van der Waals surface area (Å²) in [5, 5.41) is 12.6. The molecule has 0 aromatic heterocycles. The van der Waals surface area contributed by atoms with E-state index in [1.165, 1.54) is 32.1 Å². The first-order chi connectivity index (χ1) is 10.6. The maximum atomic E-state index is 11.8. The number of hydrogen-bond acceptors (Lipinski definition) is 3. The average molecular weight is 311 g/mol. The highest BCUT2D eigenvalue weighted by molar-refractivity contribution is 5.98. The van der Waals surface area contributed by atoms with E-state index in [4.69, 9.17) is 0 Å². The summed E-state index contributed by atoms with van der Waals surface area (Å²) in [7, 11) is 0. The molecule has 0 radical (unpaired) electrons. The zero-order valence-corrected chi connectivity index (χ0v) is 14.1. The molecule has 0 bridgehead atoms. The van der Waals surface area contributed by atoms with E-state index >= 15 is 0 Å². The summed E-state index contributed by atoms with van der Waals surface area (Å²) >= 11 is 0. The molecule has 1 amide bonds. The van der Waals surface area contributed by atoms with Crippen LogP contribution >= 0.6 is 0 Å². The molecule has 22 heavy (non-hydrogen) atoms. The second-order valence-corrected chi connectivity index (χ2v) is 6.61. The molecule has 1 saturated carbocycles. The Morgan fingerprint density at radius 3 is 2.32 bits per heavy atom. The summed E-state index contributed by atoms with van der Waals surface area (Å²) in [5.41, 5.74) is 0. The molecule has 4 heteroatoms. The second-order valence-electron chi connectivity index (χ2n) is 6.61. The average Bonchev–Trinajstić information content (AvgIpc) is 2.48. The van der Waals surface area contributed by atoms with Crippen LogP contribution in [0.5, 0.6) is 0 Å². The Morgan fingerprint density at radius 1 is 1.00 bits per heavy atom. The van der Waals surface area contributed by atoms with Gasteiger partial charge in [0.05, 0.1) is 18.6 Å². The van der Waals surface area contributed by atoms with Crippen LogP contribution in [0.3, 0.4) is 0 Å². The van der Waals surface area contributed by atoms with Crippen LogP contribution in [0.15, 0.2) is 0 Å². The van der Waals surface area contributed by atoms with Crippen molar-refractivity contribution in [2.24, 2.45) is 0 Å². The van der Waals surface area contributed by atoms with Gasteiger partial charge in [-0.05, 0) is 19.3 Å². The molecule has 0 aliphatic heterocycles. The predicted molar refractivity (Wildman–Crippen MR) is 88.6 cm³/mol. The third-order valence-corrected chi connectivity index (χ3v) is 4.49. The lowest BCUT2D eigenvalue weighted by Crippen LogP contribution is -2.45. The van der Waals surface area contributed by atoms with Gasteiger partial charge in [0.25, 0.3) is 0 Å². The number of Topliss-reactive ketones (excluding diaryl/α,β-unsaturated/α-hetero) is 1. The molecule has 0 aromatic rings. The number of hydrogen-bond donors (Lipinski definition) is 2. The molecule has 0 heterocycles. The summed E-state index contributed by atoms with van der Waals surface area (Å²) in [6, 6.07) is -0.160. The van der Waals surface area contributed by atoms with Gasteiger partial charge in [0.2, 0.25) is 5.91 Å². The maximum Gasteiger partial charge on any atom is 0.227 e. The van der Waals surface area contributed by atoms with Crippen molar-refractivity contribution in [3.8, 4) is 0 Å². The van der Waals surface area contributed by atoms with E-state index in [0.717, 1.165) is 38.5 Å². The van der Waals surface area contributed by atoms with Gasteiger partial charge in [0.15, 0.2) is 0 Å². The summed E-state index contributed by atoms with van der Waals surface area (Å²) in [6.07, 6.45) is 11.9. The molecule has 2 atom stereocenters. The van der Waals surface area contributed by atoms with Gasteiger partial charge < -0.3 is 10.4 Å². The van der Waals surface area contributed by atoms with Crippen molar-refractivity contribution >= 4 is 11.7 Å². The summed E-state index contributed by atoms with van der Waals surface area (Å²) in [5.74, 6) is -0.199. The molecular formula is C18H33NO3. The molecule has 0 aromatic carbocycles. The Labute approximate surface area is 135 Å². The number of rotatable bonds is 11. The van der Waals surface area contributed by atoms with Crippen molar-refractivity contribution in [3.63, 3.8) is 0 Å². The van der Waals surface area contributed by atoms with E-state index in [2.05, 4.69) is 12.2 Å². The van der Waals surface area contributed by atoms with Gasteiger partial charge in [-0.25, -0.2) is 0 Å². The van der Waals surface area contributed by atoms with Crippen molar-refractivity contribution in [2.75, 3.05) is 0 Å². The quantitative estimate of drug-likeness (QED) is 0.453. The third kappa shape index (κ3) is 8.52. The van der Waals surface area contributed by atoms with E-state index in [0.29, 0.717) is 6.42 Å². The minimum Gasteiger partial charge on any atom is -0.391 e. The van der Waals surface area contributed by atoms with E-state index in [-0.39, 0.29) is 24.2 Å². The summed E-state index contributed by atoms with van der Waals surface area (Å²) < 4.78 is 0. The number of carbonyl (C=O) groups excluding carboxylic acids is 2. The summed E-state index contributed by atoms with van der Waals surface area (Å²) in [4.78, 5) is 23.6. The number of aliphatic hydroxyl groups excluding tert-OH is 1. The molecule has 1 unspecified atom stereocenters. The molecule has 1 rings (SSSR count). The fraction of sp³-hybridized carbons (Fsp3) is 0.889. The first kappa shape index (κ1) is 19.1. The standard InChI is InChI=1S/C18H33NO3/c1-2-3-4-5-6-7-8-11-15(20)14-18(22)19-16-12-9-10-13-17(16)21/h16-17,21H,2-14H2,1H3,(H,19,22)/t16-,17?/m0/s1. The largest absolute Gasteiger partial charge is 0.391 e. The minimum absolute atomic E-state index is 0.0244. The predicted octanol–water partition coefficient (Wildman–Crippen LogP) is 3.51. The van der Waals surface area contributed by atoms with Crippen LogP contribution in [0.25, 0.3) is 0 Å². The van der Waals surface area contributed by atoms with Crippen LogP contribution in [-0.2, 0) is 9.59 Å². The Hall–Kier alpha value is -0.900. The minimum atomic E-state index is -0.448. The first-order valence-corrected chi connectivity index (χ1v) is 9.12. The van der Waals surface area contributed by atoms with Crippen molar-refractivity contribution in [1.29, 1.82) is 0 Å². The van der Waals surface area contributed by atoms with Crippen molar-refractivity contribution < 1.29 is 14.7 Å². The normalized spacial score (nSPS) is 21.5. The van der Waals surface area contributed by atoms with Gasteiger partial charge in [0, 0.05) is 6.42 Å². The molecule has 128 valence electrons. The number of unbranched alkanes of at least 4 members (excludes halogenated alkanes) is 6. The van der Waals surface area contributed by atoms with Crippen molar-refractivity contribution in [1.82, 2.24) is 5.32 Å². The fourth-order valence-electron chi connectivity index (χ4n) is 3.08. The summed E-state index contributed by atoms with van der Waals surface area (Å²) in [6.45, 7) is 2.20. The number of amides is 1. The Kier molecular flexibility index (Phi) is 10.1. The fourth-order valence-corrected chi connectivity index (χ4v) is 3.08. The van der Waals surface area contributed by atoms with E-state index < -0.39 is 6.10 Å². The molecular weight excluding hydrogens is 278 g/mol. The topological polar surface area (TPSA) is 66.4 Å². The van der Waals surface area contributed by atoms with E-state index in [9.17, 15) is 14.7 Å². The second kappa shape index (κ2) is 11.6. The van der Waals surface area contributed by atoms with Crippen LogP contribution in [-0.4, -0.2) is 28.9 Å². The lowest BCUT2D eigenvalue weighted by Gasteiger charge is -2.28. The smallest absolute Gasteiger partial charge is 0.227 e. The Bertz CT molecular complexity index is 330. The zero-order chi connectivity index (χ0) is 16.2. The molecule has 1 aliphatic carbocycles. The SMILES string of the molecule is CCCCCCCCCC(=O)CC(=O)N[C@H]1CCCCC1O. The lowest BCUT2D eigenvalue weighted by atomic mass is 9.92. The number of ketones is 1. The molecule has 4 nitrogen and oxygen atoms in total. The van der Waals surface area contributed by atoms with Crippen LogP contribution < -0.4 is 5.32 Å². The van der Waals surface area contributed by atoms with Crippen LogP contribution in [0.2, 0.25) is 0 Å². The molecule has 0 spiro atoms. The van der Waals surface area contributed by atoms with Gasteiger partial charge in [-0.1, -0.05) is 58.3 Å². The maximum absolute atomic E-state index is 11.8. The van der Waals surface area contributed by atoms with E-state index in [1.807, 2.05) is 0 Å². The number of aliphatic hydroxyl groups is 1. The van der Waals surface area contributed by atoms with Crippen LogP contribution in [0.1, 0.15) is 90.4 Å². The molecule has 1 fully saturated rings. The molecule has 0 saturated heterocycles. The van der Waals surface area contributed by atoms with Gasteiger partial charge in [-0.2, -0.15) is 0 Å². The third-order valence-electron chi connectivity index (χ3n) is 4.49. The van der Waals surface area contributed by atoms with Crippen molar-refractivity contribution in [3.05, 3.63) is 0 Å². The highest BCUT2D eigenvalue weighted by Gasteiger charge is 2.24. The Balaban J connectivity index is 2.05. The number of nitrogens with one attached hydrogen (secondary N) is 1. The Morgan fingerprint density at radius 2 is 1.64 bits per heavy atom. The number of carbonyl (C=O) groups is 2. The van der Waals surface area contributed by atoms with Gasteiger partial charge in [-0.15, -0.1) is 0 Å². The monoisotopic (exact) mass is 311 g/mol. The highest BCUT2D eigenvalue weighted by Crippen LogP contribution is 2.18. The van der Waals surface area contributed by atoms with Gasteiger partial charge in [0.1, 0.15) is 5.78 Å². The zero-order valence-electron chi connectivity index (χ0n) is 14.1. The van der Waals surface area contributed by atoms with Crippen LogP contribution in [0.4, 0.5) is 0 Å². The first-order valence-electron chi connectivity index (χ1n) is 9.12. The van der Waals surface area contributed by atoms with E-state index in [1.54, 1.807) is 0 Å². The van der Waals surface area contributed by atoms with Crippen LogP contribution in [0, 0.1) is 0 Å². The van der Waals surface area contributed by atoms with Gasteiger partial charge >= 0.3 is 0 Å². The lowest BCUT2D eigenvalue weighted by molar-refractivity contribution is -0.129. The molecule has 2 N–H and O–H groups in total. The highest BCUT2D eigenvalue weighted by atomic mass is 16.3. The van der Waals surface area contributed by atoms with Gasteiger partial charge in [-0.3, -0.25) is 9.59 Å².